The van der Waals surface area contributed by atoms with Crippen LogP contribution < -0.4 is 5.32 Å². The highest BCUT2D eigenvalue weighted by atomic mass is 32.1. The summed E-state index contributed by atoms with van der Waals surface area (Å²) in [5, 5.41) is 14.5. The summed E-state index contributed by atoms with van der Waals surface area (Å²) in [5.74, 6) is -0.870. The Hall–Kier alpha value is -1.39. The van der Waals surface area contributed by atoms with Gasteiger partial charge in [0.25, 0.3) is 0 Å². The molecular weight excluding hydrogens is 249 g/mol. The Morgan fingerprint density at radius 1 is 1.39 bits per heavy atom. The number of phenolic OH excluding ortho intramolecular Hbond substituents is 1. The van der Waals surface area contributed by atoms with Crippen LogP contribution >= 0.6 is 11.3 Å². The van der Waals surface area contributed by atoms with Crippen molar-refractivity contribution in [2.24, 2.45) is 0 Å². The maximum atomic E-state index is 13.1. The Labute approximate surface area is 110 Å². The first-order valence-corrected chi connectivity index (χ1v) is 6.76. The van der Waals surface area contributed by atoms with Crippen LogP contribution in [-0.4, -0.2) is 11.1 Å². The van der Waals surface area contributed by atoms with Gasteiger partial charge >= 0.3 is 0 Å². The first-order chi connectivity index (χ1) is 8.65. The Balaban J connectivity index is 1.85. The van der Waals surface area contributed by atoms with Crippen LogP contribution in [0.4, 0.5) is 4.39 Å². The molecule has 0 saturated carbocycles. The molecular formula is C14H16FNOS. The average Bonchev–Trinajstić information content (AvgIpc) is 2.83. The third kappa shape index (κ3) is 3.55. The predicted molar refractivity (Wildman–Crippen MR) is 72.4 cm³/mol. The highest BCUT2D eigenvalue weighted by Gasteiger charge is 2.05. The fourth-order valence-electron chi connectivity index (χ4n) is 1.76. The van der Waals surface area contributed by atoms with E-state index in [0.717, 1.165) is 12.0 Å². The van der Waals surface area contributed by atoms with Crippen LogP contribution in [0.1, 0.15) is 17.4 Å². The molecule has 1 aromatic carbocycles. The van der Waals surface area contributed by atoms with Crippen molar-refractivity contribution in [2.75, 3.05) is 0 Å². The first kappa shape index (κ1) is 13.1. The van der Waals surface area contributed by atoms with Crippen LogP contribution in [0.15, 0.2) is 35.7 Å². The van der Waals surface area contributed by atoms with Crippen molar-refractivity contribution >= 4 is 11.3 Å². The molecule has 1 aromatic heterocycles. The Morgan fingerprint density at radius 2 is 2.22 bits per heavy atom. The molecule has 0 amide bonds. The van der Waals surface area contributed by atoms with E-state index in [9.17, 15) is 4.39 Å². The molecule has 2 N–H and O–H groups in total. The van der Waals surface area contributed by atoms with Gasteiger partial charge in [-0.1, -0.05) is 12.1 Å². The van der Waals surface area contributed by atoms with E-state index in [-0.39, 0.29) is 5.75 Å². The number of hydrogen-bond donors (Lipinski definition) is 2. The molecule has 96 valence electrons. The van der Waals surface area contributed by atoms with Crippen molar-refractivity contribution in [2.45, 2.75) is 25.9 Å². The second kappa shape index (κ2) is 5.98. The van der Waals surface area contributed by atoms with Crippen molar-refractivity contribution in [3.8, 4) is 5.75 Å². The van der Waals surface area contributed by atoms with E-state index < -0.39 is 5.82 Å². The molecule has 1 atom stereocenters. The largest absolute Gasteiger partial charge is 0.505 e. The van der Waals surface area contributed by atoms with Gasteiger partial charge in [0.1, 0.15) is 0 Å². The summed E-state index contributed by atoms with van der Waals surface area (Å²) in [5.41, 5.74) is 0.836. The maximum Gasteiger partial charge on any atom is 0.165 e. The number of thiophene rings is 1. The summed E-state index contributed by atoms with van der Waals surface area (Å²) in [4.78, 5) is 1.34. The highest BCUT2D eigenvalue weighted by molar-refractivity contribution is 7.09. The monoisotopic (exact) mass is 265 g/mol. The summed E-state index contributed by atoms with van der Waals surface area (Å²) in [6.45, 7) is 2.71. The van der Waals surface area contributed by atoms with Crippen molar-refractivity contribution < 1.29 is 9.50 Å². The molecule has 0 bridgehead atoms. The number of phenols is 1. The van der Waals surface area contributed by atoms with E-state index in [1.165, 1.54) is 17.0 Å². The lowest BCUT2D eigenvalue weighted by molar-refractivity contribution is 0.431. The summed E-state index contributed by atoms with van der Waals surface area (Å²) < 4.78 is 13.1. The zero-order valence-corrected chi connectivity index (χ0v) is 11.0. The van der Waals surface area contributed by atoms with E-state index in [1.54, 1.807) is 17.4 Å². The smallest absolute Gasteiger partial charge is 0.165 e. The molecule has 1 heterocycles. The van der Waals surface area contributed by atoms with E-state index in [4.69, 9.17) is 5.11 Å². The molecule has 2 rings (SSSR count). The minimum atomic E-state index is -0.569. The Bertz CT molecular complexity index is 499. The fraction of sp³-hybridized carbons (Fsp3) is 0.286. The van der Waals surface area contributed by atoms with Gasteiger partial charge in [-0.15, -0.1) is 11.3 Å². The van der Waals surface area contributed by atoms with Crippen molar-refractivity contribution in [3.05, 3.63) is 52.0 Å². The van der Waals surface area contributed by atoms with Crippen LogP contribution in [-0.2, 0) is 13.0 Å². The van der Waals surface area contributed by atoms with Gasteiger partial charge in [0.15, 0.2) is 11.6 Å². The van der Waals surface area contributed by atoms with Gasteiger partial charge in [-0.25, -0.2) is 4.39 Å². The van der Waals surface area contributed by atoms with Gasteiger partial charge in [-0.2, -0.15) is 0 Å². The first-order valence-electron chi connectivity index (χ1n) is 5.88. The van der Waals surface area contributed by atoms with Crippen LogP contribution in [0.3, 0.4) is 0 Å². The molecule has 0 fully saturated rings. The molecule has 0 aliphatic carbocycles. The minimum absolute atomic E-state index is 0.301. The second-order valence-electron chi connectivity index (χ2n) is 4.35. The number of hydrogen-bond acceptors (Lipinski definition) is 3. The lowest BCUT2D eigenvalue weighted by Gasteiger charge is -2.13. The number of halogens is 1. The SMILES string of the molecule is CC(Cc1cccs1)NCc1ccc(O)c(F)c1. The molecule has 0 aliphatic rings. The third-order valence-corrected chi connectivity index (χ3v) is 3.65. The Kier molecular flexibility index (Phi) is 4.33. The highest BCUT2D eigenvalue weighted by Crippen LogP contribution is 2.16. The zero-order chi connectivity index (χ0) is 13.0. The molecule has 0 aliphatic heterocycles. The summed E-state index contributed by atoms with van der Waals surface area (Å²) in [7, 11) is 0. The van der Waals surface area contributed by atoms with Crippen LogP contribution in [0.5, 0.6) is 5.75 Å². The Morgan fingerprint density at radius 3 is 2.89 bits per heavy atom. The van der Waals surface area contributed by atoms with E-state index in [1.807, 2.05) is 6.07 Å². The van der Waals surface area contributed by atoms with Gasteiger partial charge in [-0.05, 0) is 42.5 Å². The van der Waals surface area contributed by atoms with Gasteiger partial charge in [0.05, 0.1) is 0 Å². The normalized spacial score (nSPS) is 12.6. The second-order valence-corrected chi connectivity index (χ2v) is 5.38. The topological polar surface area (TPSA) is 32.3 Å². The molecule has 0 spiro atoms. The van der Waals surface area contributed by atoms with Crippen LogP contribution in [0.25, 0.3) is 0 Å². The van der Waals surface area contributed by atoms with E-state index in [0.29, 0.717) is 12.6 Å². The molecule has 0 radical (unpaired) electrons. The molecule has 2 aromatic rings. The summed E-state index contributed by atoms with van der Waals surface area (Å²) in [6, 6.07) is 8.96. The summed E-state index contributed by atoms with van der Waals surface area (Å²) in [6.07, 6.45) is 0.970. The van der Waals surface area contributed by atoms with Gasteiger partial charge in [-0.3, -0.25) is 0 Å². The van der Waals surface area contributed by atoms with Crippen LogP contribution in [0, 0.1) is 5.82 Å². The average molecular weight is 265 g/mol. The van der Waals surface area contributed by atoms with Gasteiger partial charge in [0, 0.05) is 17.5 Å². The zero-order valence-electron chi connectivity index (χ0n) is 10.2. The molecule has 1 unspecified atom stereocenters. The summed E-state index contributed by atoms with van der Waals surface area (Å²) >= 11 is 1.74. The van der Waals surface area contributed by atoms with E-state index in [2.05, 4.69) is 23.7 Å². The standard InChI is InChI=1S/C14H16FNOS/c1-10(7-12-3-2-6-18-12)16-9-11-4-5-14(17)13(15)8-11/h2-6,8,10,16-17H,7,9H2,1H3. The third-order valence-electron chi connectivity index (χ3n) is 2.75. The lowest BCUT2D eigenvalue weighted by atomic mass is 10.1. The quantitative estimate of drug-likeness (QED) is 0.869. The van der Waals surface area contributed by atoms with Crippen LogP contribution in [0.2, 0.25) is 0 Å². The molecule has 2 nitrogen and oxygen atoms in total. The molecule has 18 heavy (non-hydrogen) atoms. The minimum Gasteiger partial charge on any atom is -0.505 e. The predicted octanol–water partition coefficient (Wildman–Crippen LogP) is 3.31. The van der Waals surface area contributed by atoms with Crippen molar-refractivity contribution in [1.29, 1.82) is 0 Å². The number of nitrogens with one attached hydrogen (secondary N) is 1. The fourth-order valence-corrected chi connectivity index (χ4v) is 2.59. The molecule has 0 saturated heterocycles. The van der Waals surface area contributed by atoms with Gasteiger partial charge < -0.3 is 10.4 Å². The number of benzene rings is 1. The van der Waals surface area contributed by atoms with Gasteiger partial charge in [0.2, 0.25) is 0 Å². The number of aromatic hydroxyl groups is 1. The van der Waals surface area contributed by atoms with Crippen molar-refractivity contribution in [1.82, 2.24) is 5.32 Å². The van der Waals surface area contributed by atoms with Crippen molar-refractivity contribution in [3.63, 3.8) is 0 Å². The molecule has 4 heteroatoms. The number of rotatable bonds is 5. The van der Waals surface area contributed by atoms with E-state index >= 15 is 0 Å². The lowest BCUT2D eigenvalue weighted by Crippen LogP contribution is -2.27. The maximum absolute atomic E-state index is 13.1.